The first-order valence-electron chi connectivity index (χ1n) is 8.05. The maximum Gasteiger partial charge on any atom is 0.253 e. The number of rotatable bonds is 9. The molecule has 9 heteroatoms. The predicted molar refractivity (Wildman–Crippen MR) is 100 cm³/mol. The van der Waals surface area contributed by atoms with E-state index in [9.17, 15) is 14.4 Å². The fourth-order valence-corrected chi connectivity index (χ4v) is 2.55. The van der Waals surface area contributed by atoms with Gasteiger partial charge in [0.2, 0.25) is 11.8 Å². The van der Waals surface area contributed by atoms with Gasteiger partial charge in [-0.2, -0.15) is 0 Å². The van der Waals surface area contributed by atoms with Crippen molar-refractivity contribution < 1.29 is 19.1 Å². The van der Waals surface area contributed by atoms with E-state index in [-0.39, 0.29) is 29.0 Å². The van der Waals surface area contributed by atoms with Gasteiger partial charge in [0.1, 0.15) is 6.04 Å². The lowest BCUT2D eigenvalue weighted by Crippen LogP contribution is -2.51. The molecule has 0 heterocycles. The van der Waals surface area contributed by atoms with Gasteiger partial charge in [-0.05, 0) is 24.1 Å². The molecular weight excluding hydrogens is 381 g/mol. The van der Waals surface area contributed by atoms with Crippen molar-refractivity contribution in [2.75, 3.05) is 26.8 Å². The molecule has 144 valence electrons. The lowest BCUT2D eigenvalue weighted by molar-refractivity contribution is -0.127. The molecule has 7 nitrogen and oxygen atoms in total. The van der Waals surface area contributed by atoms with E-state index < -0.39 is 17.9 Å². The molecule has 0 aliphatic heterocycles. The van der Waals surface area contributed by atoms with E-state index in [4.69, 9.17) is 27.9 Å². The van der Waals surface area contributed by atoms with Crippen LogP contribution in [-0.4, -0.2) is 50.6 Å². The number of nitrogens with one attached hydrogen (secondary N) is 3. The van der Waals surface area contributed by atoms with Gasteiger partial charge in [0.25, 0.3) is 5.91 Å². The zero-order chi connectivity index (χ0) is 19.7. The summed E-state index contributed by atoms with van der Waals surface area (Å²) in [6.07, 6.45) is 0. The Hall–Kier alpha value is -1.83. The average molecular weight is 404 g/mol. The van der Waals surface area contributed by atoms with Crippen molar-refractivity contribution in [3.05, 3.63) is 33.8 Å². The van der Waals surface area contributed by atoms with Gasteiger partial charge in [-0.3, -0.25) is 14.4 Å². The minimum atomic E-state index is -0.819. The molecule has 0 spiro atoms. The van der Waals surface area contributed by atoms with Crippen molar-refractivity contribution in [3.8, 4) is 0 Å². The van der Waals surface area contributed by atoms with E-state index in [2.05, 4.69) is 16.0 Å². The highest BCUT2D eigenvalue weighted by Gasteiger charge is 2.25. The van der Waals surface area contributed by atoms with Crippen molar-refractivity contribution >= 4 is 40.9 Å². The van der Waals surface area contributed by atoms with E-state index in [1.807, 2.05) is 0 Å². The number of carbonyl (C=O) groups excluding carboxylic acids is 3. The summed E-state index contributed by atoms with van der Waals surface area (Å²) in [4.78, 5) is 36.4. The number of hydrogen-bond acceptors (Lipinski definition) is 4. The smallest absolute Gasteiger partial charge is 0.253 e. The molecule has 1 atom stereocenters. The summed E-state index contributed by atoms with van der Waals surface area (Å²) in [7, 11) is 1.52. The second-order valence-electron chi connectivity index (χ2n) is 5.88. The highest BCUT2D eigenvalue weighted by molar-refractivity contribution is 6.36. The van der Waals surface area contributed by atoms with Crippen LogP contribution in [-0.2, 0) is 14.3 Å². The molecule has 0 bridgehead atoms. The van der Waals surface area contributed by atoms with Crippen LogP contribution in [0.25, 0.3) is 0 Å². The molecule has 0 saturated carbocycles. The Balaban J connectivity index is 2.65. The first-order valence-corrected chi connectivity index (χ1v) is 8.81. The molecule has 3 amide bonds. The first-order chi connectivity index (χ1) is 12.3. The summed E-state index contributed by atoms with van der Waals surface area (Å²) in [5.74, 6) is -1.49. The normalized spacial score (nSPS) is 11.8. The Morgan fingerprint density at radius 3 is 2.42 bits per heavy atom. The summed E-state index contributed by atoms with van der Waals surface area (Å²) < 4.78 is 4.82. The summed E-state index contributed by atoms with van der Waals surface area (Å²) in [6, 6.07) is 3.66. The first kappa shape index (κ1) is 22.2. The van der Waals surface area contributed by atoms with Crippen LogP contribution in [0.4, 0.5) is 0 Å². The van der Waals surface area contributed by atoms with Crippen LogP contribution in [0.3, 0.4) is 0 Å². The fourth-order valence-electron chi connectivity index (χ4n) is 2.06. The van der Waals surface area contributed by atoms with Crippen molar-refractivity contribution in [2.24, 2.45) is 5.92 Å². The second kappa shape index (κ2) is 11.0. The maximum absolute atomic E-state index is 12.4. The van der Waals surface area contributed by atoms with Crippen LogP contribution in [0.15, 0.2) is 18.2 Å². The molecule has 1 unspecified atom stereocenters. The van der Waals surface area contributed by atoms with E-state index in [0.717, 1.165) is 0 Å². The van der Waals surface area contributed by atoms with Crippen LogP contribution >= 0.6 is 23.2 Å². The quantitative estimate of drug-likeness (QED) is 0.545. The Labute approximate surface area is 162 Å². The number of amides is 3. The standard InChI is InChI=1S/C17H23Cl2N3O4/c1-10(2)15(17(25)21-9-14(23)20-6-7-26-3)22-16(24)12-5-4-11(18)8-13(12)19/h4-5,8,10,15H,6-7,9H2,1-3H3,(H,20,23)(H,21,25)(H,22,24). The van der Waals surface area contributed by atoms with Gasteiger partial charge in [0.15, 0.2) is 0 Å². The van der Waals surface area contributed by atoms with E-state index >= 15 is 0 Å². The summed E-state index contributed by atoms with van der Waals surface area (Å²) in [5.41, 5.74) is 0.215. The Morgan fingerprint density at radius 1 is 1.15 bits per heavy atom. The fraction of sp³-hybridized carbons (Fsp3) is 0.471. The Bertz CT molecular complexity index is 653. The highest BCUT2D eigenvalue weighted by Crippen LogP contribution is 2.21. The van der Waals surface area contributed by atoms with Crippen molar-refractivity contribution in [1.29, 1.82) is 0 Å². The monoisotopic (exact) mass is 403 g/mol. The largest absolute Gasteiger partial charge is 0.383 e. The number of hydrogen-bond donors (Lipinski definition) is 3. The molecule has 0 aliphatic rings. The third-order valence-corrected chi connectivity index (χ3v) is 4.01. The molecule has 26 heavy (non-hydrogen) atoms. The van der Waals surface area contributed by atoms with Crippen LogP contribution in [0.5, 0.6) is 0 Å². The SMILES string of the molecule is COCCNC(=O)CNC(=O)C(NC(=O)c1ccc(Cl)cc1Cl)C(C)C. The van der Waals surface area contributed by atoms with E-state index in [0.29, 0.717) is 18.2 Å². The van der Waals surface area contributed by atoms with Crippen LogP contribution in [0.2, 0.25) is 10.0 Å². The molecule has 3 N–H and O–H groups in total. The van der Waals surface area contributed by atoms with Gasteiger partial charge in [0.05, 0.1) is 23.7 Å². The lowest BCUT2D eigenvalue weighted by Gasteiger charge is -2.22. The van der Waals surface area contributed by atoms with Crippen molar-refractivity contribution in [3.63, 3.8) is 0 Å². The van der Waals surface area contributed by atoms with Gasteiger partial charge >= 0.3 is 0 Å². The zero-order valence-corrected chi connectivity index (χ0v) is 16.4. The van der Waals surface area contributed by atoms with Crippen LogP contribution < -0.4 is 16.0 Å². The number of benzene rings is 1. The van der Waals surface area contributed by atoms with Crippen LogP contribution in [0.1, 0.15) is 24.2 Å². The van der Waals surface area contributed by atoms with Crippen LogP contribution in [0, 0.1) is 5.92 Å². The minimum absolute atomic E-state index is 0.190. The highest BCUT2D eigenvalue weighted by atomic mass is 35.5. The third-order valence-electron chi connectivity index (χ3n) is 3.46. The molecule has 0 aliphatic carbocycles. The molecule has 0 aromatic heterocycles. The molecule has 1 aromatic carbocycles. The van der Waals surface area contributed by atoms with Gasteiger partial charge in [-0.1, -0.05) is 37.0 Å². The minimum Gasteiger partial charge on any atom is -0.383 e. The molecule has 1 aromatic rings. The number of carbonyl (C=O) groups is 3. The summed E-state index contributed by atoms with van der Waals surface area (Å²) in [6.45, 7) is 4.11. The maximum atomic E-state index is 12.4. The number of halogens is 2. The zero-order valence-electron chi connectivity index (χ0n) is 14.9. The number of ether oxygens (including phenoxy) is 1. The van der Waals surface area contributed by atoms with Crippen molar-refractivity contribution in [1.82, 2.24) is 16.0 Å². The van der Waals surface area contributed by atoms with Crippen molar-refractivity contribution in [2.45, 2.75) is 19.9 Å². The van der Waals surface area contributed by atoms with Gasteiger partial charge < -0.3 is 20.7 Å². The van der Waals surface area contributed by atoms with E-state index in [1.165, 1.54) is 25.3 Å². The Morgan fingerprint density at radius 2 is 1.85 bits per heavy atom. The summed E-state index contributed by atoms with van der Waals surface area (Å²) in [5, 5.41) is 8.34. The summed E-state index contributed by atoms with van der Waals surface area (Å²) >= 11 is 11.8. The molecular formula is C17H23Cl2N3O4. The van der Waals surface area contributed by atoms with Gasteiger partial charge in [-0.15, -0.1) is 0 Å². The lowest BCUT2D eigenvalue weighted by atomic mass is 10.0. The molecule has 0 saturated heterocycles. The third kappa shape index (κ3) is 7.19. The molecule has 0 fully saturated rings. The topological polar surface area (TPSA) is 96.5 Å². The predicted octanol–water partition coefficient (Wildman–Crippen LogP) is 1.63. The molecule has 1 rings (SSSR count). The van der Waals surface area contributed by atoms with Gasteiger partial charge in [0, 0.05) is 18.7 Å². The average Bonchev–Trinajstić information content (AvgIpc) is 2.57. The van der Waals surface area contributed by atoms with E-state index in [1.54, 1.807) is 13.8 Å². The Kier molecular flexibility index (Phi) is 9.40. The number of methoxy groups -OCH3 is 1. The molecule has 0 radical (unpaired) electrons. The second-order valence-corrected chi connectivity index (χ2v) is 6.72. The van der Waals surface area contributed by atoms with Gasteiger partial charge in [-0.25, -0.2) is 0 Å².